The van der Waals surface area contributed by atoms with Crippen LogP contribution in [0.3, 0.4) is 0 Å². The number of rotatable bonds is 9. The van der Waals surface area contributed by atoms with Gasteiger partial charge in [-0.3, -0.25) is 9.59 Å². The molecule has 8 heteroatoms. The van der Waals surface area contributed by atoms with Gasteiger partial charge in [0.25, 0.3) is 5.91 Å². The van der Waals surface area contributed by atoms with Crippen molar-refractivity contribution in [2.45, 2.75) is 44.9 Å². The standard InChI is InChI=1S/C28H34N4O3S/c1-19(26(33)28(35)32-15-9-14-24(32)20-10-5-4-6-11-20)27(34)29-17-25-30-22(18-36-25)16-21-12-7-8-13-23(21)31(2)3/h4-8,10-13,18-19,24,26,33H,9,14-17H2,1-3H3,(H,29,34)/t19-,24?,26-/m1/s1. The van der Waals surface area contributed by atoms with Crippen LogP contribution in [-0.2, 0) is 22.6 Å². The van der Waals surface area contributed by atoms with Crippen LogP contribution in [0.2, 0.25) is 0 Å². The van der Waals surface area contributed by atoms with Crippen molar-refractivity contribution in [1.29, 1.82) is 0 Å². The molecule has 190 valence electrons. The molecule has 4 rings (SSSR count). The van der Waals surface area contributed by atoms with Crippen molar-refractivity contribution in [3.05, 3.63) is 81.8 Å². The first kappa shape index (κ1) is 25.9. The second kappa shape index (κ2) is 11.7. The summed E-state index contributed by atoms with van der Waals surface area (Å²) in [6.07, 6.45) is 1.06. The van der Waals surface area contributed by atoms with Crippen molar-refractivity contribution in [2.24, 2.45) is 5.92 Å². The Labute approximate surface area is 216 Å². The number of nitrogens with one attached hydrogen (secondary N) is 1. The Morgan fingerprint density at radius 3 is 2.64 bits per heavy atom. The Balaban J connectivity index is 1.32. The van der Waals surface area contributed by atoms with E-state index < -0.39 is 12.0 Å². The summed E-state index contributed by atoms with van der Waals surface area (Å²) in [5, 5.41) is 16.4. The van der Waals surface area contributed by atoms with Gasteiger partial charge >= 0.3 is 0 Å². The van der Waals surface area contributed by atoms with Crippen LogP contribution in [0, 0.1) is 5.92 Å². The average Bonchev–Trinajstić information content (AvgIpc) is 3.56. The van der Waals surface area contributed by atoms with E-state index in [1.807, 2.05) is 61.9 Å². The van der Waals surface area contributed by atoms with Gasteiger partial charge in [0.15, 0.2) is 0 Å². The molecule has 3 atom stereocenters. The Bertz CT molecular complexity index is 1180. The zero-order chi connectivity index (χ0) is 25.7. The molecule has 1 aromatic heterocycles. The van der Waals surface area contributed by atoms with Gasteiger partial charge in [0, 0.05) is 38.1 Å². The first-order valence-corrected chi connectivity index (χ1v) is 13.2. The van der Waals surface area contributed by atoms with E-state index >= 15 is 0 Å². The minimum absolute atomic E-state index is 0.0602. The van der Waals surface area contributed by atoms with Gasteiger partial charge in [-0.25, -0.2) is 4.98 Å². The van der Waals surface area contributed by atoms with Crippen LogP contribution in [0.5, 0.6) is 0 Å². The number of aliphatic hydroxyl groups excluding tert-OH is 1. The maximum Gasteiger partial charge on any atom is 0.252 e. The second-order valence-corrected chi connectivity index (χ2v) is 10.4. The highest BCUT2D eigenvalue weighted by molar-refractivity contribution is 7.09. The highest BCUT2D eigenvalue weighted by atomic mass is 32.1. The molecule has 2 N–H and O–H groups in total. The monoisotopic (exact) mass is 506 g/mol. The van der Waals surface area contributed by atoms with E-state index in [4.69, 9.17) is 0 Å². The number of carbonyl (C=O) groups excluding carboxylic acids is 2. The Morgan fingerprint density at radius 1 is 1.17 bits per heavy atom. The summed E-state index contributed by atoms with van der Waals surface area (Å²) in [4.78, 5) is 34.3. The van der Waals surface area contributed by atoms with E-state index in [-0.39, 0.29) is 24.4 Å². The molecule has 1 aliphatic rings. The second-order valence-electron chi connectivity index (χ2n) is 9.48. The van der Waals surface area contributed by atoms with Crippen LogP contribution in [-0.4, -0.2) is 53.5 Å². The number of para-hydroxylation sites is 1. The topological polar surface area (TPSA) is 85.8 Å². The minimum atomic E-state index is -1.39. The number of aliphatic hydroxyl groups is 1. The average molecular weight is 507 g/mol. The summed E-state index contributed by atoms with van der Waals surface area (Å²) in [5.41, 5.74) is 4.35. The molecule has 2 heterocycles. The highest BCUT2D eigenvalue weighted by Gasteiger charge is 2.37. The van der Waals surface area contributed by atoms with Gasteiger partial charge in [-0.2, -0.15) is 0 Å². The van der Waals surface area contributed by atoms with Crippen LogP contribution in [0.25, 0.3) is 0 Å². The number of carbonyl (C=O) groups is 2. The largest absolute Gasteiger partial charge is 0.382 e. The molecular weight excluding hydrogens is 472 g/mol. The smallest absolute Gasteiger partial charge is 0.252 e. The Hall–Kier alpha value is -3.23. The van der Waals surface area contributed by atoms with Gasteiger partial charge in [-0.1, -0.05) is 55.5 Å². The molecule has 1 unspecified atom stereocenters. The number of hydrogen-bond acceptors (Lipinski definition) is 6. The molecule has 36 heavy (non-hydrogen) atoms. The van der Waals surface area contributed by atoms with Gasteiger partial charge in [0.1, 0.15) is 11.1 Å². The maximum atomic E-state index is 13.1. The molecular formula is C28H34N4O3S. The molecule has 0 radical (unpaired) electrons. The molecule has 2 amide bonds. The molecule has 1 saturated heterocycles. The number of thiazole rings is 1. The predicted octanol–water partition coefficient (Wildman–Crippen LogP) is 3.78. The quantitative estimate of drug-likeness (QED) is 0.461. The number of aromatic nitrogens is 1. The van der Waals surface area contributed by atoms with E-state index in [9.17, 15) is 14.7 Å². The van der Waals surface area contributed by atoms with E-state index in [1.165, 1.54) is 16.9 Å². The fourth-order valence-corrected chi connectivity index (χ4v) is 5.44. The third-order valence-electron chi connectivity index (χ3n) is 6.72. The first-order chi connectivity index (χ1) is 17.3. The summed E-state index contributed by atoms with van der Waals surface area (Å²) in [6.45, 7) is 2.44. The lowest BCUT2D eigenvalue weighted by Crippen LogP contribution is -2.46. The minimum Gasteiger partial charge on any atom is -0.382 e. The SMILES string of the molecule is C[C@@H](C(=O)NCc1nc(Cc2ccccc2N(C)C)cs1)[C@@H](O)C(=O)N1CCCC1c1ccccc1. The van der Waals surface area contributed by atoms with Crippen molar-refractivity contribution in [3.8, 4) is 0 Å². The van der Waals surface area contributed by atoms with Crippen LogP contribution < -0.4 is 10.2 Å². The van der Waals surface area contributed by atoms with Crippen molar-refractivity contribution in [1.82, 2.24) is 15.2 Å². The van der Waals surface area contributed by atoms with Gasteiger partial charge in [-0.05, 0) is 30.0 Å². The molecule has 1 aliphatic heterocycles. The lowest BCUT2D eigenvalue weighted by molar-refractivity contribution is -0.148. The van der Waals surface area contributed by atoms with Crippen molar-refractivity contribution in [2.75, 3.05) is 25.5 Å². The lowest BCUT2D eigenvalue weighted by Gasteiger charge is -2.29. The molecule has 2 aromatic carbocycles. The van der Waals surface area contributed by atoms with Gasteiger partial charge in [0.2, 0.25) is 5.91 Å². The van der Waals surface area contributed by atoms with E-state index in [1.54, 1.807) is 11.8 Å². The number of benzene rings is 2. The van der Waals surface area contributed by atoms with E-state index in [2.05, 4.69) is 27.3 Å². The zero-order valence-corrected chi connectivity index (χ0v) is 21.9. The predicted molar refractivity (Wildman–Crippen MR) is 143 cm³/mol. The van der Waals surface area contributed by atoms with Crippen molar-refractivity contribution in [3.63, 3.8) is 0 Å². The first-order valence-electron chi connectivity index (χ1n) is 12.3. The summed E-state index contributed by atoms with van der Waals surface area (Å²) in [5.74, 6) is -1.61. The van der Waals surface area contributed by atoms with E-state index in [0.717, 1.165) is 34.8 Å². The Morgan fingerprint density at radius 2 is 1.89 bits per heavy atom. The highest BCUT2D eigenvalue weighted by Crippen LogP contribution is 2.32. The number of hydrogen-bond donors (Lipinski definition) is 2. The normalized spacial score (nSPS) is 17.0. The van der Waals surface area contributed by atoms with Gasteiger partial charge < -0.3 is 20.2 Å². The molecule has 7 nitrogen and oxygen atoms in total. The summed E-state index contributed by atoms with van der Waals surface area (Å²) in [7, 11) is 4.04. The fourth-order valence-electron chi connectivity index (χ4n) is 4.71. The van der Waals surface area contributed by atoms with E-state index in [0.29, 0.717) is 13.0 Å². The third-order valence-corrected chi connectivity index (χ3v) is 7.62. The van der Waals surface area contributed by atoms with Crippen LogP contribution in [0.4, 0.5) is 5.69 Å². The van der Waals surface area contributed by atoms with Gasteiger partial charge in [-0.15, -0.1) is 11.3 Å². The lowest BCUT2D eigenvalue weighted by atomic mass is 10.0. The number of amides is 2. The Kier molecular flexibility index (Phi) is 8.38. The maximum absolute atomic E-state index is 13.1. The number of likely N-dealkylation sites (tertiary alicyclic amines) is 1. The zero-order valence-electron chi connectivity index (χ0n) is 21.1. The third kappa shape index (κ3) is 5.94. The molecule has 1 fully saturated rings. The van der Waals surface area contributed by atoms with Crippen LogP contribution in [0.15, 0.2) is 60.0 Å². The summed E-state index contributed by atoms with van der Waals surface area (Å²) in [6, 6.07) is 18.0. The number of nitrogens with zero attached hydrogens (tertiary/aromatic N) is 3. The summed E-state index contributed by atoms with van der Waals surface area (Å²) < 4.78 is 0. The molecule has 3 aromatic rings. The van der Waals surface area contributed by atoms with Crippen LogP contribution in [0.1, 0.15) is 47.6 Å². The summed E-state index contributed by atoms with van der Waals surface area (Å²) >= 11 is 1.49. The fraction of sp³-hybridized carbons (Fsp3) is 0.393. The molecule has 0 saturated carbocycles. The number of anilines is 1. The van der Waals surface area contributed by atoms with Crippen LogP contribution >= 0.6 is 11.3 Å². The molecule has 0 aliphatic carbocycles. The van der Waals surface area contributed by atoms with Gasteiger partial charge in [0.05, 0.1) is 24.2 Å². The molecule has 0 spiro atoms. The van der Waals surface area contributed by atoms with Crippen molar-refractivity contribution < 1.29 is 14.7 Å². The molecule has 0 bridgehead atoms. The van der Waals surface area contributed by atoms with Crippen molar-refractivity contribution >= 4 is 28.8 Å².